The molecule has 1 aliphatic heterocycles. The fraction of sp³-hybridized carbons (Fsp3) is 0.688. The van der Waals surface area contributed by atoms with Crippen molar-refractivity contribution in [3.63, 3.8) is 0 Å². The van der Waals surface area contributed by atoms with Gasteiger partial charge in [0.15, 0.2) is 0 Å². The molecule has 154 valence electrons. The summed E-state index contributed by atoms with van der Waals surface area (Å²) in [5, 5.41) is 5.05. The number of hydrogen-bond acceptors (Lipinski definition) is 4. The van der Waals surface area contributed by atoms with Gasteiger partial charge in [0, 0.05) is 6.42 Å². The lowest BCUT2D eigenvalue weighted by Gasteiger charge is -2.27. The van der Waals surface area contributed by atoms with Crippen molar-refractivity contribution in [3.8, 4) is 0 Å². The number of ether oxygens (including phenoxy) is 1. The van der Waals surface area contributed by atoms with Gasteiger partial charge in [-0.1, -0.05) is 13.8 Å². The predicted molar refractivity (Wildman–Crippen MR) is 86.5 cm³/mol. The maximum absolute atomic E-state index is 13.8. The van der Waals surface area contributed by atoms with Gasteiger partial charge in [0.25, 0.3) is 11.5 Å². The average molecular weight is 399 g/mol. The van der Waals surface area contributed by atoms with E-state index in [1.54, 1.807) is 5.10 Å². The first kappa shape index (κ1) is 22.8. The Hall–Kier alpha value is -2.20. The molecular formula is C16H22F5N3O3. The van der Waals surface area contributed by atoms with Gasteiger partial charge in [-0.25, -0.2) is 18.7 Å². The molecule has 1 saturated heterocycles. The van der Waals surface area contributed by atoms with E-state index in [2.05, 4.69) is 5.10 Å². The summed E-state index contributed by atoms with van der Waals surface area (Å²) >= 11 is 0. The van der Waals surface area contributed by atoms with Gasteiger partial charge in [-0.15, -0.1) is 0 Å². The lowest BCUT2D eigenvalue weighted by Crippen LogP contribution is -2.38. The zero-order chi connectivity index (χ0) is 21.2. The van der Waals surface area contributed by atoms with Crippen LogP contribution in [-0.2, 0) is 10.9 Å². The molecule has 0 saturated carbocycles. The minimum absolute atomic E-state index is 0.377. The molecule has 6 nitrogen and oxygen atoms in total. The predicted octanol–water partition coefficient (Wildman–Crippen LogP) is 4.13. The molecule has 0 aliphatic carbocycles. The largest absolute Gasteiger partial charge is 0.444 e. The molecule has 1 aliphatic rings. The van der Waals surface area contributed by atoms with Crippen LogP contribution in [0.5, 0.6) is 0 Å². The molecule has 1 amide bonds. The van der Waals surface area contributed by atoms with Crippen molar-refractivity contribution < 1.29 is 31.5 Å². The van der Waals surface area contributed by atoms with Crippen LogP contribution in [0.2, 0.25) is 0 Å². The molecule has 2 rings (SSSR count). The van der Waals surface area contributed by atoms with E-state index in [9.17, 15) is 31.5 Å². The van der Waals surface area contributed by atoms with Crippen LogP contribution in [0.4, 0.5) is 26.7 Å². The van der Waals surface area contributed by atoms with E-state index in [1.165, 1.54) is 20.8 Å². The Morgan fingerprint density at radius 2 is 1.85 bits per heavy atom. The van der Waals surface area contributed by atoms with E-state index in [0.717, 1.165) is 0 Å². The van der Waals surface area contributed by atoms with Gasteiger partial charge in [-0.3, -0.25) is 9.69 Å². The maximum atomic E-state index is 13.8. The van der Waals surface area contributed by atoms with Crippen LogP contribution >= 0.6 is 0 Å². The van der Waals surface area contributed by atoms with E-state index >= 15 is 0 Å². The monoisotopic (exact) mass is 399 g/mol. The second-order valence-corrected chi connectivity index (χ2v) is 6.72. The smallest absolute Gasteiger partial charge is 0.421 e. The highest BCUT2D eigenvalue weighted by atomic mass is 19.4. The summed E-state index contributed by atoms with van der Waals surface area (Å²) in [6, 6.07) is -1.08. The summed E-state index contributed by atoms with van der Waals surface area (Å²) in [5.74, 6) is -3.32. The topological polar surface area (TPSA) is 75.3 Å². The Labute approximate surface area is 152 Å². The van der Waals surface area contributed by atoms with Crippen molar-refractivity contribution in [1.29, 1.82) is 0 Å². The van der Waals surface area contributed by atoms with Gasteiger partial charge in [0.2, 0.25) is 0 Å². The fourth-order valence-electron chi connectivity index (χ4n) is 2.40. The van der Waals surface area contributed by atoms with Gasteiger partial charge in [-0.2, -0.15) is 18.3 Å². The number of carbonyl (C=O) groups is 1. The second kappa shape index (κ2) is 7.81. The minimum atomic E-state index is -4.98. The lowest BCUT2D eigenvalue weighted by atomic mass is 10.1. The third-order valence-corrected chi connectivity index (χ3v) is 3.37. The number of nitrogens with one attached hydrogen (secondary N) is 1. The lowest BCUT2D eigenvalue weighted by molar-refractivity contribution is -0.138. The Kier molecular flexibility index (Phi) is 6.61. The number of hydrogen-bond donors (Lipinski definition) is 1. The maximum Gasteiger partial charge on any atom is 0.421 e. The third-order valence-electron chi connectivity index (χ3n) is 3.37. The summed E-state index contributed by atoms with van der Waals surface area (Å²) in [4.78, 5) is 24.0. The van der Waals surface area contributed by atoms with Crippen molar-refractivity contribution in [2.45, 2.75) is 64.8 Å². The number of likely N-dealkylation sites (tertiary alicyclic amines) is 1. The molecule has 0 bridgehead atoms. The van der Waals surface area contributed by atoms with Crippen molar-refractivity contribution in [2.75, 3.05) is 6.54 Å². The molecule has 11 heteroatoms. The number of nitrogens with zero attached hydrogens (tertiary/aromatic N) is 2. The molecular weight excluding hydrogens is 377 g/mol. The SMILES string of the molecule is CC.CC(C)(C)OC(=O)N1CC(F)(F)C[C@@H]1c1cc(C(F)(F)F)c(=O)[nH]n1. The van der Waals surface area contributed by atoms with Crippen LogP contribution < -0.4 is 5.56 Å². The Morgan fingerprint density at radius 1 is 1.30 bits per heavy atom. The van der Waals surface area contributed by atoms with Crippen molar-refractivity contribution in [3.05, 3.63) is 27.7 Å². The van der Waals surface area contributed by atoms with Gasteiger partial charge in [-0.05, 0) is 26.8 Å². The number of aromatic nitrogens is 2. The number of halogens is 5. The van der Waals surface area contributed by atoms with Gasteiger partial charge in [0.1, 0.15) is 11.2 Å². The Balaban J connectivity index is 0.00000176. The fourth-order valence-corrected chi connectivity index (χ4v) is 2.40. The first-order valence-electron chi connectivity index (χ1n) is 8.24. The summed E-state index contributed by atoms with van der Waals surface area (Å²) in [6.45, 7) is 7.55. The molecule has 0 spiro atoms. The molecule has 1 aromatic rings. The van der Waals surface area contributed by atoms with Crippen LogP contribution in [0.25, 0.3) is 0 Å². The number of rotatable bonds is 1. The Morgan fingerprint density at radius 3 is 2.33 bits per heavy atom. The molecule has 0 radical (unpaired) electrons. The van der Waals surface area contributed by atoms with E-state index in [0.29, 0.717) is 11.0 Å². The molecule has 1 fully saturated rings. The van der Waals surface area contributed by atoms with E-state index in [-0.39, 0.29) is 0 Å². The molecule has 1 N–H and O–H groups in total. The zero-order valence-electron chi connectivity index (χ0n) is 15.6. The minimum Gasteiger partial charge on any atom is -0.444 e. The standard InChI is InChI=1S/C14H16F5N3O3.C2H6/c1-12(2,3)25-11(24)22-6-13(15,16)5-9(22)8-4-7(14(17,18)19)10(23)21-20-8;1-2/h4,9H,5-6H2,1-3H3,(H,21,23);1-2H3/t9-;/m1./s1. The normalized spacial score (nSPS) is 19.3. The van der Waals surface area contributed by atoms with Crippen LogP contribution in [-0.4, -0.2) is 39.3 Å². The first-order valence-corrected chi connectivity index (χ1v) is 8.24. The average Bonchev–Trinajstić information content (AvgIpc) is 2.83. The molecule has 1 atom stereocenters. The van der Waals surface area contributed by atoms with E-state index in [4.69, 9.17) is 4.74 Å². The summed E-state index contributed by atoms with van der Waals surface area (Å²) < 4.78 is 71.1. The van der Waals surface area contributed by atoms with Crippen molar-refractivity contribution >= 4 is 6.09 Å². The number of alkyl halides is 5. The van der Waals surface area contributed by atoms with Gasteiger partial charge >= 0.3 is 12.3 Å². The van der Waals surface area contributed by atoms with Crippen molar-refractivity contribution in [1.82, 2.24) is 15.1 Å². The third kappa shape index (κ3) is 5.90. The van der Waals surface area contributed by atoms with Gasteiger partial charge < -0.3 is 4.74 Å². The number of H-pyrrole nitrogens is 1. The first-order chi connectivity index (χ1) is 12.2. The highest BCUT2D eigenvalue weighted by molar-refractivity contribution is 5.69. The van der Waals surface area contributed by atoms with Crippen LogP contribution in [0.1, 0.15) is 58.3 Å². The highest BCUT2D eigenvalue weighted by Crippen LogP contribution is 2.41. The highest BCUT2D eigenvalue weighted by Gasteiger charge is 2.50. The molecule has 0 unspecified atom stereocenters. The van der Waals surface area contributed by atoms with Crippen LogP contribution in [0.15, 0.2) is 10.9 Å². The van der Waals surface area contributed by atoms with E-state index in [1.807, 2.05) is 13.8 Å². The van der Waals surface area contributed by atoms with Crippen LogP contribution in [0, 0.1) is 0 Å². The Bertz CT molecular complexity index is 725. The molecule has 1 aromatic heterocycles. The molecule has 2 heterocycles. The summed E-state index contributed by atoms with van der Waals surface area (Å²) in [5.41, 5.74) is -4.54. The summed E-state index contributed by atoms with van der Waals surface area (Å²) in [7, 11) is 0. The quantitative estimate of drug-likeness (QED) is 0.721. The van der Waals surface area contributed by atoms with Crippen LogP contribution in [0.3, 0.4) is 0 Å². The molecule has 0 aromatic carbocycles. The number of aromatic amines is 1. The number of carbonyl (C=O) groups excluding carboxylic acids is 1. The van der Waals surface area contributed by atoms with Crippen molar-refractivity contribution in [2.24, 2.45) is 0 Å². The summed E-state index contributed by atoms with van der Waals surface area (Å²) in [6.07, 6.45) is -7.01. The van der Waals surface area contributed by atoms with E-state index < -0.39 is 59.6 Å². The zero-order valence-corrected chi connectivity index (χ0v) is 15.6. The molecule has 27 heavy (non-hydrogen) atoms. The van der Waals surface area contributed by atoms with Gasteiger partial charge in [0.05, 0.1) is 18.3 Å². The number of amides is 1. The second-order valence-electron chi connectivity index (χ2n) is 6.72.